The van der Waals surface area contributed by atoms with Crippen molar-refractivity contribution in [2.45, 2.75) is 11.4 Å². The highest BCUT2D eigenvalue weighted by molar-refractivity contribution is 7.89. The van der Waals surface area contributed by atoms with Gasteiger partial charge in [-0.3, -0.25) is 4.79 Å². The lowest BCUT2D eigenvalue weighted by molar-refractivity contribution is -0.119. The van der Waals surface area contributed by atoms with E-state index in [4.69, 9.17) is 25.5 Å². The average Bonchev–Trinajstić information content (AvgIpc) is 3.30. The monoisotopic (exact) mass is 478 g/mol. The van der Waals surface area contributed by atoms with Crippen LogP contribution in [0, 0.1) is 0 Å². The number of benzene rings is 2. The second kappa shape index (κ2) is 10.3. The number of anilines is 1. The number of ether oxygens (including phenoxy) is 2. The van der Waals surface area contributed by atoms with E-state index in [2.05, 4.69) is 10.0 Å². The molecule has 0 spiro atoms. The van der Waals surface area contributed by atoms with E-state index in [1.807, 2.05) is 0 Å². The van der Waals surface area contributed by atoms with Gasteiger partial charge in [0, 0.05) is 5.69 Å². The van der Waals surface area contributed by atoms with Crippen molar-refractivity contribution < 1.29 is 31.9 Å². The minimum absolute atomic E-state index is 0.00630. The predicted molar refractivity (Wildman–Crippen MR) is 116 cm³/mol. The maximum Gasteiger partial charge on any atom is 0.338 e. The van der Waals surface area contributed by atoms with Gasteiger partial charge in [0.15, 0.2) is 6.61 Å². The Labute approximate surface area is 189 Å². The standard InChI is InChI=1S/C21H19ClN2O7S/c1-29-19-9-6-15(11-18(19)22)24-20(25)13-31-21(26)14-4-7-17(8-5-14)32(27,28)23-12-16-3-2-10-30-16/h2-11,23H,12-13H2,1H3,(H,24,25). The third-order valence-corrected chi connectivity index (χ3v) is 5.90. The van der Waals surface area contributed by atoms with Gasteiger partial charge in [-0.25, -0.2) is 17.9 Å². The number of esters is 1. The number of amides is 1. The Balaban J connectivity index is 1.53. The quantitative estimate of drug-likeness (QED) is 0.452. The van der Waals surface area contributed by atoms with Crippen molar-refractivity contribution in [3.8, 4) is 5.75 Å². The predicted octanol–water partition coefficient (Wildman–Crippen LogP) is 3.22. The van der Waals surface area contributed by atoms with Crippen molar-refractivity contribution >= 4 is 39.2 Å². The van der Waals surface area contributed by atoms with Gasteiger partial charge >= 0.3 is 5.97 Å². The number of carbonyl (C=O) groups is 2. The maximum atomic E-state index is 12.3. The van der Waals surface area contributed by atoms with E-state index in [-0.39, 0.29) is 17.0 Å². The zero-order valence-electron chi connectivity index (χ0n) is 16.8. The molecule has 0 atom stereocenters. The van der Waals surface area contributed by atoms with Crippen molar-refractivity contribution in [3.05, 3.63) is 77.2 Å². The molecule has 0 bridgehead atoms. The average molecular weight is 479 g/mol. The number of sulfonamides is 1. The van der Waals surface area contributed by atoms with E-state index < -0.39 is 28.5 Å². The molecule has 0 aliphatic rings. The number of hydrogen-bond donors (Lipinski definition) is 2. The van der Waals surface area contributed by atoms with Crippen molar-refractivity contribution in [1.82, 2.24) is 4.72 Å². The van der Waals surface area contributed by atoms with Crippen molar-refractivity contribution in [1.29, 1.82) is 0 Å². The number of hydrogen-bond acceptors (Lipinski definition) is 7. The summed E-state index contributed by atoms with van der Waals surface area (Å²) < 4.78 is 42.1. The fourth-order valence-electron chi connectivity index (χ4n) is 2.59. The number of methoxy groups -OCH3 is 1. The molecule has 9 nitrogen and oxygen atoms in total. The van der Waals surface area contributed by atoms with Crippen LogP contribution < -0.4 is 14.8 Å². The molecule has 0 aliphatic heterocycles. The Morgan fingerprint density at radius 1 is 1.09 bits per heavy atom. The van der Waals surface area contributed by atoms with E-state index in [0.717, 1.165) is 0 Å². The normalized spacial score (nSPS) is 11.1. The third-order valence-electron chi connectivity index (χ3n) is 4.19. The number of rotatable bonds is 9. The summed E-state index contributed by atoms with van der Waals surface area (Å²) in [5.74, 6) is -0.428. The SMILES string of the molecule is COc1ccc(NC(=O)COC(=O)c2ccc(S(=O)(=O)NCc3ccco3)cc2)cc1Cl. The minimum atomic E-state index is -3.79. The number of furan rings is 1. The fraction of sp³-hybridized carbons (Fsp3) is 0.143. The Bertz CT molecular complexity index is 1190. The zero-order chi connectivity index (χ0) is 23.1. The summed E-state index contributed by atoms with van der Waals surface area (Å²) >= 11 is 6.00. The highest BCUT2D eigenvalue weighted by Gasteiger charge is 2.16. The molecule has 11 heteroatoms. The van der Waals surface area contributed by atoms with Gasteiger partial charge in [-0.2, -0.15) is 0 Å². The molecule has 32 heavy (non-hydrogen) atoms. The molecule has 0 saturated heterocycles. The van der Waals surface area contributed by atoms with Gasteiger partial charge in [0.2, 0.25) is 10.0 Å². The molecule has 1 heterocycles. The zero-order valence-corrected chi connectivity index (χ0v) is 18.4. The molecule has 2 N–H and O–H groups in total. The van der Waals surface area contributed by atoms with Gasteiger partial charge in [0.25, 0.3) is 5.91 Å². The van der Waals surface area contributed by atoms with E-state index in [9.17, 15) is 18.0 Å². The molecule has 3 aromatic rings. The Morgan fingerprint density at radius 2 is 1.84 bits per heavy atom. The molecule has 0 aliphatic carbocycles. The molecular formula is C21H19ClN2O7S. The first-order valence-corrected chi connectivity index (χ1v) is 11.1. The Hall–Kier alpha value is -3.34. The van der Waals surface area contributed by atoms with Crippen LogP contribution in [0.1, 0.15) is 16.1 Å². The van der Waals surface area contributed by atoms with Crippen molar-refractivity contribution in [2.24, 2.45) is 0 Å². The molecular weight excluding hydrogens is 460 g/mol. The molecule has 3 rings (SSSR count). The molecule has 0 radical (unpaired) electrons. The second-order valence-electron chi connectivity index (χ2n) is 6.40. The highest BCUT2D eigenvalue weighted by atomic mass is 35.5. The molecule has 0 unspecified atom stereocenters. The summed E-state index contributed by atoms with van der Waals surface area (Å²) in [7, 11) is -2.32. The summed E-state index contributed by atoms with van der Waals surface area (Å²) in [6.45, 7) is -0.541. The van der Waals surface area contributed by atoms with Crippen LogP contribution in [0.3, 0.4) is 0 Å². The van der Waals surface area contributed by atoms with Crippen LogP contribution in [-0.4, -0.2) is 34.0 Å². The first-order valence-electron chi connectivity index (χ1n) is 9.21. The van der Waals surface area contributed by atoms with E-state index in [0.29, 0.717) is 22.2 Å². The third kappa shape index (κ3) is 6.10. The van der Waals surface area contributed by atoms with Gasteiger partial charge in [-0.15, -0.1) is 0 Å². The van der Waals surface area contributed by atoms with Crippen LogP contribution in [0.15, 0.2) is 70.2 Å². The first kappa shape index (κ1) is 23.3. The molecule has 2 aromatic carbocycles. The van der Waals surface area contributed by atoms with Gasteiger partial charge in [0.1, 0.15) is 11.5 Å². The van der Waals surface area contributed by atoms with Gasteiger partial charge in [-0.05, 0) is 54.6 Å². The summed E-state index contributed by atoms with van der Waals surface area (Å²) in [4.78, 5) is 24.1. The molecule has 1 amide bonds. The molecule has 0 saturated carbocycles. The lowest BCUT2D eigenvalue weighted by Gasteiger charge is -2.09. The van der Waals surface area contributed by atoms with Crippen LogP contribution in [-0.2, 0) is 26.1 Å². The van der Waals surface area contributed by atoms with Crippen LogP contribution >= 0.6 is 11.6 Å². The lowest BCUT2D eigenvalue weighted by atomic mass is 10.2. The van der Waals surface area contributed by atoms with E-state index in [1.54, 1.807) is 24.3 Å². The smallest absolute Gasteiger partial charge is 0.338 e. The highest BCUT2D eigenvalue weighted by Crippen LogP contribution is 2.27. The maximum absolute atomic E-state index is 12.3. The summed E-state index contributed by atoms with van der Waals surface area (Å²) in [5, 5.41) is 2.86. The Kier molecular flexibility index (Phi) is 7.52. The van der Waals surface area contributed by atoms with E-state index >= 15 is 0 Å². The Morgan fingerprint density at radius 3 is 2.47 bits per heavy atom. The molecule has 1 aromatic heterocycles. The van der Waals surface area contributed by atoms with E-state index in [1.165, 1.54) is 43.7 Å². The van der Waals surface area contributed by atoms with Crippen LogP contribution in [0.25, 0.3) is 0 Å². The number of halogens is 1. The van der Waals surface area contributed by atoms with Crippen LogP contribution in [0.5, 0.6) is 5.75 Å². The van der Waals surface area contributed by atoms with Crippen LogP contribution in [0.2, 0.25) is 5.02 Å². The minimum Gasteiger partial charge on any atom is -0.495 e. The lowest BCUT2D eigenvalue weighted by Crippen LogP contribution is -2.23. The summed E-state index contributed by atoms with van der Waals surface area (Å²) in [6, 6.07) is 13.1. The fourth-order valence-corrected chi connectivity index (χ4v) is 3.84. The molecule has 168 valence electrons. The van der Waals surface area contributed by atoms with Crippen molar-refractivity contribution in [3.63, 3.8) is 0 Å². The van der Waals surface area contributed by atoms with Gasteiger partial charge < -0.3 is 19.2 Å². The second-order valence-corrected chi connectivity index (χ2v) is 8.58. The van der Waals surface area contributed by atoms with Gasteiger partial charge in [0.05, 0.1) is 35.4 Å². The summed E-state index contributed by atoms with van der Waals surface area (Å²) in [5.41, 5.74) is 0.503. The topological polar surface area (TPSA) is 124 Å². The largest absolute Gasteiger partial charge is 0.495 e. The number of nitrogens with one attached hydrogen (secondary N) is 2. The van der Waals surface area contributed by atoms with Crippen LogP contribution in [0.4, 0.5) is 5.69 Å². The number of carbonyl (C=O) groups excluding carboxylic acids is 2. The first-order chi connectivity index (χ1) is 15.3. The van der Waals surface area contributed by atoms with Crippen molar-refractivity contribution in [2.75, 3.05) is 19.0 Å². The van der Waals surface area contributed by atoms with Gasteiger partial charge in [-0.1, -0.05) is 11.6 Å². The summed E-state index contributed by atoms with van der Waals surface area (Å²) in [6.07, 6.45) is 1.44. The molecule has 0 fully saturated rings.